The van der Waals surface area contributed by atoms with E-state index >= 15 is 0 Å². The maximum Gasteiger partial charge on any atom is 0.330 e. The summed E-state index contributed by atoms with van der Waals surface area (Å²) >= 11 is 0. The fraction of sp³-hybridized carbons (Fsp3) is 0.476. The number of carbonyl (C=O) groups excluding carboxylic acids is 3. The fourth-order valence-corrected chi connectivity index (χ4v) is 3.71. The fourth-order valence-electron chi connectivity index (χ4n) is 3.71. The van der Waals surface area contributed by atoms with Crippen LogP contribution in [0.5, 0.6) is 0 Å². The largest absolute Gasteiger partial charge is 0.461 e. The predicted octanol–water partition coefficient (Wildman–Crippen LogP) is 0.705. The van der Waals surface area contributed by atoms with Gasteiger partial charge in [-0.2, -0.15) is 0 Å². The molecule has 10 heteroatoms. The van der Waals surface area contributed by atoms with Gasteiger partial charge in [-0.3, -0.25) is 10.2 Å². The number of hydrogen-bond acceptors (Lipinski definition) is 6. The Balaban J connectivity index is 1.71. The number of ether oxygens (including phenoxy) is 1. The van der Waals surface area contributed by atoms with Gasteiger partial charge in [0, 0.05) is 19.8 Å². The number of rotatable bonds is 8. The number of nitrogens with zero attached hydrogens (tertiary/aromatic N) is 2. The molecule has 0 bridgehead atoms. The molecule has 1 saturated carbocycles. The smallest absolute Gasteiger partial charge is 0.330 e. The van der Waals surface area contributed by atoms with Gasteiger partial charge < -0.3 is 26.1 Å². The summed E-state index contributed by atoms with van der Waals surface area (Å²) in [6.07, 6.45) is 3.79. The number of nitrogens with two attached hydrogens (primary N) is 1. The number of β-lactam (4-membered cyclic amide) rings is 1. The third-order valence-electron chi connectivity index (χ3n) is 5.83. The minimum atomic E-state index is -1.17. The van der Waals surface area contributed by atoms with Crippen LogP contribution in [-0.2, 0) is 20.7 Å². The molecule has 1 aliphatic carbocycles. The molecule has 166 valence electrons. The molecule has 1 heterocycles. The van der Waals surface area contributed by atoms with E-state index in [1.165, 1.54) is 11.9 Å². The highest BCUT2D eigenvalue weighted by molar-refractivity contribution is 6.09. The molecule has 2 aliphatic rings. The highest BCUT2D eigenvalue weighted by Gasteiger charge is 2.59. The van der Waals surface area contributed by atoms with Crippen molar-refractivity contribution < 1.29 is 19.1 Å². The number of likely N-dealkylation sites (tertiary alicyclic amines) is 1. The van der Waals surface area contributed by atoms with Crippen molar-refractivity contribution in [3.05, 3.63) is 35.9 Å². The Kier molecular flexibility index (Phi) is 6.88. The van der Waals surface area contributed by atoms with Crippen molar-refractivity contribution in [2.24, 2.45) is 11.7 Å². The zero-order chi connectivity index (χ0) is 22.5. The van der Waals surface area contributed by atoms with E-state index in [2.05, 4.69) is 5.32 Å². The van der Waals surface area contributed by atoms with Crippen LogP contribution in [0.15, 0.2) is 30.3 Å². The van der Waals surface area contributed by atoms with E-state index in [0.717, 1.165) is 35.9 Å². The molecule has 10 nitrogen and oxygen atoms in total. The lowest BCUT2D eigenvalue weighted by atomic mass is 9.81. The van der Waals surface area contributed by atoms with Crippen molar-refractivity contribution in [2.45, 2.75) is 43.9 Å². The zero-order valence-electron chi connectivity index (χ0n) is 17.4. The quantitative estimate of drug-likeness (QED) is 0.207. The van der Waals surface area contributed by atoms with Gasteiger partial charge in [0.05, 0.1) is 12.0 Å². The number of esters is 1. The average molecular weight is 428 g/mol. The Bertz CT molecular complexity index is 857. The van der Waals surface area contributed by atoms with Crippen LogP contribution in [0.4, 0.5) is 4.79 Å². The van der Waals surface area contributed by atoms with Crippen LogP contribution >= 0.6 is 0 Å². The molecule has 31 heavy (non-hydrogen) atoms. The van der Waals surface area contributed by atoms with E-state index in [4.69, 9.17) is 21.3 Å². The van der Waals surface area contributed by atoms with Crippen LogP contribution in [0.1, 0.15) is 24.8 Å². The second-order valence-electron chi connectivity index (χ2n) is 7.79. The summed E-state index contributed by atoms with van der Waals surface area (Å²) < 4.78 is 5.47. The molecule has 3 rings (SSSR count). The van der Waals surface area contributed by atoms with Gasteiger partial charge in [0.15, 0.2) is 12.0 Å². The number of guanidine groups is 1. The molecule has 5 N–H and O–H groups in total. The molecule has 0 unspecified atom stereocenters. The number of benzene rings is 1. The molecule has 1 aliphatic heterocycles. The monoisotopic (exact) mass is 428 g/mol. The molecule has 1 aromatic rings. The number of hydrogen-bond donors (Lipinski definition) is 4. The average Bonchev–Trinajstić information content (AvgIpc) is 2.72. The minimum Gasteiger partial charge on any atom is -0.461 e. The number of amides is 3. The third kappa shape index (κ3) is 4.68. The van der Waals surface area contributed by atoms with Crippen molar-refractivity contribution in [1.29, 1.82) is 10.8 Å². The number of nitrogens with one attached hydrogen (secondary N) is 3. The molecular weight excluding hydrogens is 400 g/mol. The topological polar surface area (TPSA) is 153 Å². The zero-order valence-corrected chi connectivity index (χ0v) is 17.4. The van der Waals surface area contributed by atoms with Crippen molar-refractivity contribution in [1.82, 2.24) is 15.1 Å². The van der Waals surface area contributed by atoms with Crippen LogP contribution in [0.2, 0.25) is 0 Å². The predicted molar refractivity (Wildman–Crippen MR) is 114 cm³/mol. The summed E-state index contributed by atoms with van der Waals surface area (Å²) in [5.74, 6) is -2.65. The first-order valence-corrected chi connectivity index (χ1v) is 10.3. The summed E-state index contributed by atoms with van der Waals surface area (Å²) in [4.78, 5) is 40.5. The second-order valence-corrected chi connectivity index (χ2v) is 7.79. The van der Waals surface area contributed by atoms with E-state index in [0.29, 0.717) is 13.0 Å². The van der Waals surface area contributed by atoms with Gasteiger partial charge in [-0.15, -0.1) is 0 Å². The maximum atomic E-state index is 12.9. The summed E-state index contributed by atoms with van der Waals surface area (Å²) in [6.45, 7) is 0.295. The summed E-state index contributed by atoms with van der Waals surface area (Å²) in [7, 11) is 1.46. The number of urea groups is 1. The second kappa shape index (κ2) is 9.59. The van der Waals surface area contributed by atoms with E-state index in [-0.39, 0.29) is 12.1 Å². The van der Waals surface area contributed by atoms with E-state index in [1.807, 2.05) is 30.3 Å². The SMILES string of the molecule is CN(C(=N)N)[C@@H](C=N)[C@H]1C(=O)N(C(=O)NCCc2ccccc2)[C@@H]1C(=O)OC1CCC1. The van der Waals surface area contributed by atoms with Crippen LogP contribution in [0.25, 0.3) is 0 Å². The molecule has 0 aromatic heterocycles. The Morgan fingerprint density at radius 2 is 2.03 bits per heavy atom. The van der Waals surface area contributed by atoms with Gasteiger partial charge >= 0.3 is 12.0 Å². The maximum absolute atomic E-state index is 12.9. The van der Waals surface area contributed by atoms with Crippen molar-refractivity contribution in [3.8, 4) is 0 Å². The standard InChI is InChI=1S/C21H28N6O4/c1-26(20(23)24)15(12-22)16-17(19(29)31-14-8-5-9-14)27(18(16)28)21(30)25-11-10-13-6-3-2-4-7-13/h2-4,6-7,12,14-17,22H,5,8-11H2,1H3,(H3,23,24)(H,25,30)/t15-,16+,17-/m0/s1. The Labute approximate surface area is 180 Å². The lowest BCUT2D eigenvalue weighted by Gasteiger charge is -2.48. The van der Waals surface area contributed by atoms with Crippen molar-refractivity contribution in [3.63, 3.8) is 0 Å². The molecule has 0 radical (unpaired) electrons. The lowest BCUT2D eigenvalue weighted by molar-refractivity contribution is -0.176. The highest BCUT2D eigenvalue weighted by atomic mass is 16.5. The third-order valence-corrected chi connectivity index (χ3v) is 5.83. The molecule has 1 aromatic carbocycles. The first-order valence-electron chi connectivity index (χ1n) is 10.3. The van der Waals surface area contributed by atoms with Crippen LogP contribution in [0.3, 0.4) is 0 Å². The molecule has 3 atom stereocenters. The summed E-state index contributed by atoms with van der Waals surface area (Å²) in [5, 5.41) is 18.0. The van der Waals surface area contributed by atoms with E-state index in [1.54, 1.807) is 0 Å². The lowest BCUT2D eigenvalue weighted by Crippen LogP contribution is -2.73. The summed E-state index contributed by atoms with van der Waals surface area (Å²) in [5.41, 5.74) is 6.54. The van der Waals surface area contributed by atoms with Gasteiger partial charge in [-0.05, 0) is 31.2 Å². The van der Waals surface area contributed by atoms with Crippen LogP contribution in [-0.4, -0.2) is 71.7 Å². The molecule has 3 amide bonds. The number of carbonyl (C=O) groups is 3. The van der Waals surface area contributed by atoms with E-state index < -0.39 is 35.9 Å². The first kappa shape index (κ1) is 22.3. The molecule has 2 fully saturated rings. The highest BCUT2D eigenvalue weighted by Crippen LogP contribution is 2.34. The normalized spacial score (nSPS) is 21.3. The van der Waals surface area contributed by atoms with Crippen molar-refractivity contribution in [2.75, 3.05) is 13.6 Å². The summed E-state index contributed by atoms with van der Waals surface area (Å²) in [6, 6.07) is 6.78. The van der Waals surface area contributed by atoms with E-state index in [9.17, 15) is 14.4 Å². The van der Waals surface area contributed by atoms with Crippen molar-refractivity contribution >= 4 is 30.1 Å². The van der Waals surface area contributed by atoms with Crippen LogP contribution < -0.4 is 11.1 Å². The first-order chi connectivity index (χ1) is 14.8. The molecule has 1 saturated heterocycles. The van der Waals surface area contributed by atoms with Gasteiger partial charge in [-0.1, -0.05) is 30.3 Å². The Morgan fingerprint density at radius 3 is 2.58 bits per heavy atom. The minimum absolute atomic E-state index is 0.212. The molecular formula is C21H28N6O4. The van der Waals surface area contributed by atoms with Gasteiger partial charge in [0.25, 0.3) is 0 Å². The van der Waals surface area contributed by atoms with Gasteiger partial charge in [0.2, 0.25) is 5.91 Å². The van der Waals surface area contributed by atoms with Gasteiger partial charge in [0.1, 0.15) is 6.10 Å². The Hall–Kier alpha value is -3.43. The van der Waals surface area contributed by atoms with Crippen LogP contribution in [0, 0.1) is 16.7 Å². The number of imide groups is 1. The Morgan fingerprint density at radius 1 is 1.35 bits per heavy atom. The van der Waals surface area contributed by atoms with Gasteiger partial charge in [-0.25, -0.2) is 14.5 Å². The molecule has 0 spiro atoms.